The molecule has 1 aliphatic heterocycles. The van der Waals surface area contributed by atoms with Gasteiger partial charge in [0.2, 0.25) is 0 Å². The Labute approximate surface area is 218 Å². The molecule has 194 valence electrons. The van der Waals surface area contributed by atoms with Gasteiger partial charge in [-0.1, -0.05) is 6.07 Å². The minimum atomic E-state index is -1.04. The highest BCUT2D eigenvalue weighted by molar-refractivity contribution is 5.99. The van der Waals surface area contributed by atoms with Crippen molar-refractivity contribution in [2.45, 2.75) is 37.1 Å². The summed E-state index contributed by atoms with van der Waals surface area (Å²) in [5.74, 6) is -2.23. The lowest BCUT2D eigenvalue weighted by atomic mass is 9.93. The lowest BCUT2D eigenvalue weighted by Crippen LogP contribution is -2.43. The van der Waals surface area contributed by atoms with Gasteiger partial charge in [-0.2, -0.15) is 0 Å². The maximum atomic E-state index is 14.1. The molecule has 38 heavy (non-hydrogen) atoms. The van der Waals surface area contributed by atoms with E-state index in [1.165, 1.54) is 0 Å². The number of phenolic OH excluding ortho intramolecular Hbond substituents is 1. The number of nitrogens with two attached hydrogens (primary N) is 1. The fourth-order valence-electron chi connectivity index (χ4n) is 5.21. The van der Waals surface area contributed by atoms with Gasteiger partial charge in [0.05, 0.1) is 28.5 Å². The molecule has 0 bridgehead atoms. The summed E-state index contributed by atoms with van der Waals surface area (Å²) in [5.41, 5.74) is 9.20. The van der Waals surface area contributed by atoms with Crippen molar-refractivity contribution in [2.75, 3.05) is 23.3 Å². The normalized spacial score (nSPS) is 18.4. The summed E-state index contributed by atoms with van der Waals surface area (Å²) in [5, 5.41) is 13.7. The van der Waals surface area contributed by atoms with Gasteiger partial charge in [0.25, 0.3) is 0 Å². The fraction of sp³-hybridized carbons (Fsp3) is 0.276. The van der Waals surface area contributed by atoms with Crippen molar-refractivity contribution in [2.24, 2.45) is 5.73 Å². The number of rotatable bonds is 6. The van der Waals surface area contributed by atoms with Crippen LogP contribution >= 0.6 is 0 Å². The van der Waals surface area contributed by atoms with Gasteiger partial charge in [-0.3, -0.25) is 4.98 Å². The van der Waals surface area contributed by atoms with Gasteiger partial charge in [-0.05, 0) is 73.2 Å². The van der Waals surface area contributed by atoms with Gasteiger partial charge in [0, 0.05) is 36.3 Å². The van der Waals surface area contributed by atoms with Crippen LogP contribution in [-0.4, -0.2) is 40.5 Å². The van der Waals surface area contributed by atoms with Crippen molar-refractivity contribution in [3.05, 3.63) is 72.1 Å². The van der Waals surface area contributed by atoms with Gasteiger partial charge >= 0.3 is 0 Å². The van der Waals surface area contributed by atoms with E-state index in [1.54, 1.807) is 30.6 Å². The number of halogens is 2. The minimum Gasteiger partial charge on any atom is -0.503 e. The lowest BCUT2D eigenvalue weighted by molar-refractivity contribution is -0.109. The van der Waals surface area contributed by atoms with E-state index in [2.05, 4.69) is 20.2 Å². The zero-order valence-electron chi connectivity index (χ0n) is 20.6. The highest BCUT2D eigenvalue weighted by atomic mass is 19.1. The second-order valence-corrected chi connectivity index (χ2v) is 10.2. The third kappa shape index (κ3) is 4.32. The smallest absolute Gasteiger partial charge is 0.187 e. The summed E-state index contributed by atoms with van der Waals surface area (Å²) >= 11 is 0. The molecule has 2 aromatic heterocycles. The fourth-order valence-corrected chi connectivity index (χ4v) is 5.21. The molecule has 2 aliphatic rings. The van der Waals surface area contributed by atoms with E-state index in [-0.39, 0.29) is 11.6 Å². The number of nitrogens with zero attached hydrogens (tertiary/aromatic N) is 3. The molecule has 9 heteroatoms. The topological polar surface area (TPSA) is 104 Å². The van der Waals surface area contributed by atoms with Crippen molar-refractivity contribution in [1.29, 1.82) is 0 Å². The van der Waals surface area contributed by atoms with E-state index in [0.717, 1.165) is 74.3 Å². The van der Waals surface area contributed by atoms with Crippen LogP contribution in [0.15, 0.2) is 54.9 Å². The van der Waals surface area contributed by atoms with Crippen LogP contribution in [0.2, 0.25) is 0 Å². The van der Waals surface area contributed by atoms with Gasteiger partial charge in [0.1, 0.15) is 12.1 Å². The van der Waals surface area contributed by atoms with Gasteiger partial charge in [-0.25, -0.2) is 13.8 Å². The summed E-state index contributed by atoms with van der Waals surface area (Å²) in [6.45, 7) is 1.68. The molecule has 4 N–H and O–H groups in total. The van der Waals surface area contributed by atoms with Crippen LogP contribution < -0.4 is 16.0 Å². The number of hydrogen-bond acceptors (Lipinski definition) is 7. The van der Waals surface area contributed by atoms with Crippen molar-refractivity contribution in [3.63, 3.8) is 0 Å². The number of phenols is 1. The number of fused-ring (bicyclic) bond motifs is 1. The molecule has 4 aromatic rings. The van der Waals surface area contributed by atoms with Gasteiger partial charge in [0.15, 0.2) is 17.4 Å². The number of carbonyl (C=O) groups is 1. The molecule has 0 amide bonds. The Kier molecular flexibility index (Phi) is 5.95. The molecular formula is C29H27F2N5O2. The number of nitrogens with one attached hydrogen (secondary N) is 1. The second kappa shape index (κ2) is 9.33. The minimum absolute atomic E-state index is 0.136. The zero-order valence-corrected chi connectivity index (χ0v) is 20.6. The molecule has 2 fully saturated rings. The number of piperidine rings is 1. The van der Waals surface area contributed by atoms with Crippen molar-refractivity contribution in [3.8, 4) is 16.9 Å². The number of aromatic nitrogens is 2. The molecule has 1 atom stereocenters. The van der Waals surface area contributed by atoms with Crippen LogP contribution in [0.25, 0.3) is 22.0 Å². The van der Waals surface area contributed by atoms with Crippen LogP contribution in [0.4, 0.5) is 26.0 Å². The summed E-state index contributed by atoms with van der Waals surface area (Å²) in [4.78, 5) is 23.5. The monoisotopic (exact) mass is 515 g/mol. The molecule has 0 radical (unpaired) electrons. The number of pyridine rings is 2. The molecule has 1 saturated carbocycles. The largest absolute Gasteiger partial charge is 0.503 e. The van der Waals surface area contributed by atoms with Crippen molar-refractivity contribution in [1.82, 2.24) is 9.97 Å². The second-order valence-electron chi connectivity index (χ2n) is 10.2. The first-order valence-corrected chi connectivity index (χ1v) is 12.7. The van der Waals surface area contributed by atoms with Crippen molar-refractivity contribution >= 4 is 34.4 Å². The molecule has 1 aliphatic carbocycles. The molecule has 1 unspecified atom stereocenters. The third-order valence-corrected chi connectivity index (χ3v) is 7.57. The lowest BCUT2D eigenvalue weighted by Gasteiger charge is -2.31. The number of benzene rings is 2. The van der Waals surface area contributed by atoms with Gasteiger partial charge < -0.3 is 25.9 Å². The molecule has 0 spiro atoms. The number of aromatic hydroxyl groups is 1. The quantitative estimate of drug-likeness (QED) is 0.304. The third-order valence-electron chi connectivity index (χ3n) is 7.57. The molecule has 6 rings (SSSR count). The number of carbonyl (C=O) groups excluding carboxylic acids is 1. The number of hydrogen-bond donors (Lipinski definition) is 3. The van der Waals surface area contributed by atoms with E-state index >= 15 is 0 Å². The standard InChI is InChI=1S/C29H27F2N5O2/c30-23-11-18(12-24(31)28(23)38)17-3-5-25-21(10-17)27(22(14-33-25)29(16-37)7-8-29)35-20-4-6-26(34-13-20)36-9-1-2-19(32)15-36/h3-6,10-14,16,19,38H,1-2,7-9,15,32H2,(H,33,35). The van der Waals surface area contributed by atoms with Crippen LogP contribution in [-0.2, 0) is 10.2 Å². The molecule has 7 nitrogen and oxygen atoms in total. The van der Waals surface area contributed by atoms with E-state index < -0.39 is 22.8 Å². The van der Waals surface area contributed by atoms with Crippen LogP contribution in [0.5, 0.6) is 5.75 Å². The maximum Gasteiger partial charge on any atom is 0.187 e. The van der Waals surface area contributed by atoms with Crippen LogP contribution in [0.1, 0.15) is 31.2 Å². The van der Waals surface area contributed by atoms with E-state index in [4.69, 9.17) is 5.73 Å². The summed E-state index contributed by atoms with van der Waals surface area (Å²) in [6, 6.07) is 11.5. The first kappa shape index (κ1) is 24.2. The Hall–Kier alpha value is -4.11. The number of anilines is 3. The van der Waals surface area contributed by atoms with E-state index in [0.29, 0.717) is 22.2 Å². The molecular weight excluding hydrogens is 488 g/mol. The van der Waals surface area contributed by atoms with Crippen LogP contribution in [0.3, 0.4) is 0 Å². The Balaban J connectivity index is 1.42. The summed E-state index contributed by atoms with van der Waals surface area (Å²) in [6.07, 6.45) is 7.93. The summed E-state index contributed by atoms with van der Waals surface area (Å²) in [7, 11) is 0. The molecule has 1 saturated heterocycles. The van der Waals surface area contributed by atoms with E-state index in [9.17, 15) is 18.7 Å². The number of aldehydes is 1. The predicted octanol–water partition coefficient (Wildman–Crippen LogP) is 5.18. The summed E-state index contributed by atoms with van der Waals surface area (Å²) < 4.78 is 28.2. The highest BCUT2D eigenvalue weighted by Gasteiger charge is 2.46. The Morgan fingerprint density at radius 2 is 1.84 bits per heavy atom. The van der Waals surface area contributed by atoms with Crippen LogP contribution in [0, 0.1) is 11.6 Å². The zero-order chi connectivity index (χ0) is 26.4. The Bertz CT molecular complexity index is 1520. The average Bonchev–Trinajstić information content (AvgIpc) is 3.73. The van der Waals surface area contributed by atoms with E-state index in [1.807, 2.05) is 12.1 Å². The Morgan fingerprint density at radius 1 is 1.05 bits per heavy atom. The van der Waals surface area contributed by atoms with Crippen molar-refractivity contribution < 1.29 is 18.7 Å². The first-order chi connectivity index (χ1) is 18.4. The average molecular weight is 516 g/mol. The first-order valence-electron chi connectivity index (χ1n) is 12.7. The molecule has 2 aromatic carbocycles. The predicted molar refractivity (Wildman–Crippen MR) is 143 cm³/mol. The SMILES string of the molecule is NC1CCCN(c2ccc(Nc3c(C4(C=O)CC4)cnc4ccc(-c5cc(F)c(O)c(F)c5)cc34)cn2)C1. The Morgan fingerprint density at radius 3 is 2.50 bits per heavy atom. The van der Waals surface area contributed by atoms with Gasteiger partial charge in [-0.15, -0.1) is 0 Å². The maximum absolute atomic E-state index is 14.1. The molecule has 3 heterocycles. The highest BCUT2D eigenvalue weighted by Crippen LogP contribution is 2.50.